The molecular formula is C11H17N5O2. The molecule has 18 heavy (non-hydrogen) atoms. The fourth-order valence-electron chi connectivity index (χ4n) is 1.83. The average molecular weight is 251 g/mol. The first-order valence-electron chi connectivity index (χ1n) is 5.86. The Morgan fingerprint density at radius 1 is 1.44 bits per heavy atom. The standard InChI is InChI=1S/C11H17N5O2/c1-15-2-4-16(5-3-15)14-7-10-9(11(17)18)6-12-8-13-10/h6,8,14H,2-5,7H2,1H3,(H,17,18). The number of hydrazine groups is 1. The molecule has 0 radical (unpaired) electrons. The fourth-order valence-corrected chi connectivity index (χ4v) is 1.83. The highest BCUT2D eigenvalue weighted by Gasteiger charge is 2.15. The number of hydrogen-bond donors (Lipinski definition) is 2. The van der Waals surface area contributed by atoms with Gasteiger partial charge in [0.05, 0.1) is 12.2 Å². The van der Waals surface area contributed by atoms with Gasteiger partial charge in [-0.25, -0.2) is 25.2 Å². The van der Waals surface area contributed by atoms with Crippen molar-refractivity contribution in [1.82, 2.24) is 25.3 Å². The molecule has 0 bridgehead atoms. The van der Waals surface area contributed by atoms with Gasteiger partial charge in [-0.15, -0.1) is 0 Å². The molecule has 2 heterocycles. The van der Waals surface area contributed by atoms with E-state index in [1.165, 1.54) is 12.5 Å². The van der Waals surface area contributed by atoms with E-state index in [1.54, 1.807) is 0 Å². The second-order valence-corrected chi connectivity index (χ2v) is 4.31. The van der Waals surface area contributed by atoms with Gasteiger partial charge in [-0.3, -0.25) is 0 Å². The van der Waals surface area contributed by atoms with Crippen LogP contribution in [0.1, 0.15) is 16.1 Å². The Morgan fingerprint density at radius 2 is 2.17 bits per heavy atom. The summed E-state index contributed by atoms with van der Waals surface area (Å²) in [6, 6.07) is 0. The maximum Gasteiger partial charge on any atom is 0.339 e. The summed E-state index contributed by atoms with van der Waals surface area (Å²) in [6.45, 7) is 4.26. The highest BCUT2D eigenvalue weighted by molar-refractivity contribution is 5.88. The van der Waals surface area contributed by atoms with Crippen LogP contribution in [0.5, 0.6) is 0 Å². The second kappa shape index (κ2) is 5.85. The molecule has 0 atom stereocenters. The van der Waals surface area contributed by atoms with Gasteiger partial charge in [0.1, 0.15) is 11.9 Å². The minimum Gasteiger partial charge on any atom is -0.478 e. The number of nitrogens with one attached hydrogen (secondary N) is 1. The van der Waals surface area contributed by atoms with Gasteiger partial charge in [-0.05, 0) is 7.05 Å². The highest BCUT2D eigenvalue weighted by atomic mass is 16.4. The topological polar surface area (TPSA) is 81.6 Å². The smallest absolute Gasteiger partial charge is 0.339 e. The Hall–Kier alpha value is -1.57. The molecular weight excluding hydrogens is 234 g/mol. The maximum absolute atomic E-state index is 11.0. The molecule has 1 saturated heterocycles. The van der Waals surface area contributed by atoms with Gasteiger partial charge in [0.2, 0.25) is 0 Å². The van der Waals surface area contributed by atoms with E-state index in [9.17, 15) is 4.79 Å². The Morgan fingerprint density at radius 3 is 2.83 bits per heavy atom. The van der Waals surface area contributed by atoms with Crippen molar-refractivity contribution in [3.8, 4) is 0 Å². The minimum atomic E-state index is -0.995. The first-order valence-corrected chi connectivity index (χ1v) is 5.86. The van der Waals surface area contributed by atoms with Crippen molar-refractivity contribution >= 4 is 5.97 Å². The van der Waals surface area contributed by atoms with E-state index < -0.39 is 5.97 Å². The summed E-state index contributed by atoms with van der Waals surface area (Å²) in [5.74, 6) is -0.995. The predicted octanol–water partition coefficient (Wildman–Crippen LogP) is -0.573. The number of carboxylic acid groups (broad SMARTS) is 1. The van der Waals surface area contributed by atoms with Crippen molar-refractivity contribution in [2.24, 2.45) is 0 Å². The molecule has 0 amide bonds. The van der Waals surface area contributed by atoms with Crippen LogP contribution in [0.25, 0.3) is 0 Å². The van der Waals surface area contributed by atoms with E-state index in [0.29, 0.717) is 12.2 Å². The highest BCUT2D eigenvalue weighted by Crippen LogP contribution is 2.04. The molecule has 0 saturated carbocycles. The number of rotatable bonds is 4. The summed E-state index contributed by atoms with van der Waals surface area (Å²) in [5, 5.41) is 11.1. The van der Waals surface area contributed by atoms with E-state index in [-0.39, 0.29) is 5.56 Å². The average Bonchev–Trinajstić information content (AvgIpc) is 2.38. The molecule has 2 rings (SSSR count). The summed E-state index contributed by atoms with van der Waals surface area (Å²) >= 11 is 0. The van der Waals surface area contributed by atoms with Gasteiger partial charge in [0, 0.05) is 32.4 Å². The molecule has 1 aromatic heterocycles. The van der Waals surface area contributed by atoms with Crippen molar-refractivity contribution in [3.63, 3.8) is 0 Å². The number of hydrogen-bond acceptors (Lipinski definition) is 6. The number of aromatic carboxylic acids is 1. The summed E-state index contributed by atoms with van der Waals surface area (Å²) in [6.07, 6.45) is 2.70. The number of carbonyl (C=O) groups is 1. The number of aromatic nitrogens is 2. The molecule has 7 nitrogen and oxygen atoms in total. The quantitative estimate of drug-likeness (QED) is 0.741. The van der Waals surface area contributed by atoms with Crippen LogP contribution in [0, 0.1) is 0 Å². The number of carboxylic acids is 1. The second-order valence-electron chi connectivity index (χ2n) is 4.31. The van der Waals surface area contributed by atoms with Crippen LogP contribution in [-0.4, -0.2) is 64.2 Å². The fraction of sp³-hybridized carbons (Fsp3) is 0.545. The molecule has 1 aromatic rings. The third-order valence-electron chi connectivity index (χ3n) is 3.00. The van der Waals surface area contributed by atoms with Crippen molar-refractivity contribution in [2.45, 2.75) is 6.54 Å². The Kier molecular flexibility index (Phi) is 4.19. The van der Waals surface area contributed by atoms with Crippen molar-refractivity contribution < 1.29 is 9.90 Å². The lowest BCUT2D eigenvalue weighted by atomic mass is 10.2. The molecule has 0 unspecified atom stereocenters. The normalized spacial score (nSPS) is 17.8. The third kappa shape index (κ3) is 3.22. The zero-order valence-corrected chi connectivity index (χ0v) is 10.3. The van der Waals surface area contributed by atoms with Crippen LogP contribution >= 0.6 is 0 Å². The van der Waals surface area contributed by atoms with E-state index in [0.717, 1.165) is 26.2 Å². The molecule has 2 N–H and O–H groups in total. The lowest BCUT2D eigenvalue weighted by Crippen LogP contribution is -2.50. The van der Waals surface area contributed by atoms with Gasteiger partial charge in [0.15, 0.2) is 0 Å². The number of likely N-dealkylation sites (N-methyl/N-ethyl adjacent to an activating group) is 1. The van der Waals surface area contributed by atoms with Gasteiger partial charge >= 0.3 is 5.97 Å². The SMILES string of the molecule is CN1CCN(NCc2ncncc2C(=O)O)CC1. The molecule has 7 heteroatoms. The first kappa shape index (κ1) is 12.9. The van der Waals surface area contributed by atoms with Crippen LogP contribution in [0.3, 0.4) is 0 Å². The van der Waals surface area contributed by atoms with Gasteiger partial charge < -0.3 is 10.0 Å². The van der Waals surface area contributed by atoms with Crippen LogP contribution in [-0.2, 0) is 6.54 Å². The van der Waals surface area contributed by atoms with E-state index in [1.807, 2.05) is 0 Å². The Bertz CT molecular complexity index is 418. The zero-order valence-electron chi connectivity index (χ0n) is 10.3. The van der Waals surface area contributed by atoms with Crippen molar-refractivity contribution in [2.75, 3.05) is 33.2 Å². The lowest BCUT2D eigenvalue weighted by molar-refractivity contribution is 0.0691. The lowest BCUT2D eigenvalue weighted by Gasteiger charge is -2.32. The zero-order chi connectivity index (χ0) is 13.0. The number of nitrogens with zero attached hydrogens (tertiary/aromatic N) is 4. The van der Waals surface area contributed by atoms with Gasteiger partial charge in [-0.1, -0.05) is 0 Å². The minimum absolute atomic E-state index is 0.152. The molecule has 98 valence electrons. The third-order valence-corrected chi connectivity index (χ3v) is 3.00. The summed E-state index contributed by atoms with van der Waals surface area (Å²) < 4.78 is 0. The Balaban J connectivity index is 1.92. The van der Waals surface area contributed by atoms with Crippen molar-refractivity contribution in [3.05, 3.63) is 23.8 Å². The van der Waals surface area contributed by atoms with Crippen molar-refractivity contribution in [1.29, 1.82) is 0 Å². The molecule has 1 aliphatic rings. The van der Waals surface area contributed by atoms with E-state index >= 15 is 0 Å². The molecule has 1 aliphatic heterocycles. The van der Waals surface area contributed by atoms with Crippen LogP contribution < -0.4 is 5.43 Å². The summed E-state index contributed by atoms with van der Waals surface area (Å²) in [4.78, 5) is 21.0. The largest absolute Gasteiger partial charge is 0.478 e. The molecule has 0 aliphatic carbocycles. The van der Waals surface area contributed by atoms with E-state index in [4.69, 9.17) is 5.11 Å². The predicted molar refractivity (Wildman–Crippen MR) is 64.9 cm³/mol. The first-order chi connectivity index (χ1) is 8.66. The summed E-state index contributed by atoms with van der Waals surface area (Å²) in [5.41, 5.74) is 3.87. The molecule has 0 aromatic carbocycles. The number of piperazine rings is 1. The van der Waals surface area contributed by atoms with Gasteiger partial charge in [0.25, 0.3) is 0 Å². The van der Waals surface area contributed by atoms with E-state index in [2.05, 4.69) is 32.4 Å². The molecule has 1 fully saturated rings. The molecule has 0 spiro atoms. The Labute approximate surface area is 105 Å². The van der Waals surface area contributed by atoms with Crippen LogP contribution in [0.15, 0.2) is 12.5 Å². The monoisotopic (exact) mass is 251 g/mol. The van der Waals surface area contributed by atoms with Crippen LogP contribution in [0.2, 0.25) is 0 Å². The van der Waals surface area contributed by atoms with Crippen LogP contribution in [0.4, 0.5) is 0 Å². The maximum atomic E-state index is 11.0. The summed E-state index contributed by atoms with van der Waals surface area (Å²) in [7, 11) is 2.09. The van der Waals surface area contributed by atoms with Gasteiger partial charge in [-0.2, -0.15) is 0 Å².